The fourth-order valence-electron chi connectivity index (χ4n) is 2.31. The molecule has 0 bridgehead atoms. The Bertz CT molecular complexity index is 869. The Hall–Kier alpha value is -3.14. The number of methoxy groups -OCH3 is 1. The number of esters is 2. The minimum Gasteiger partial charge on any atom is -0.465 e. The van der Waals surface area contributed by atoms with Crippen LogP contribution in [0.2, 0.25) is 0 Å². The molecule has 23 heavy (non-hydrogen) atoms. The lowest BCUT2D eigenvalue weighted by atomic mass is 10.1. The molecule has 0 amide bonds. The average Bonchev–Trinajstić information content (AvgIpc) is 2.61. The molecule has 0 spiro atoms. The normalized spacial score (nSPS) is 10.3. The van der Waals surface area contributed by atoms with Crippen molar-refractivity contribution < 1.29 is 19.1 Å². The van der Waals surface area contributed by atoms with Crippen molar-refractivity contribution >= 4 is 22.7 Å². The average molecular weight is 306 g/mol. The van der Waals surface area contributed by atoms with E-state index in [0.29, 0.717) is 5.56 Å². The summed E-state index contributed by atoms with van der Waals surface area (Å²) in [6, 6.07) is 19.5. The maximum absolute atomic E-state index is 12.2. The second-order valence-electron chi connectivity index (χ2n) is 4.94. The first-order chi connectivity index (χ1) is 11.2. The van der Waals surface area contributed by atoms with E-state index in [1.54, 1.807) is 36.4 Å². The Labute approximate surface area is 133 Å². The largest absolute Gasteiger partial charge is 0.465 e. The lowest BCUT2D eigenvalue weighted by Gasteiger charge is -2.10. The van der Waals surface area contributed by atoms with Crippen LogP contribution in [0.15, 0.2) is 66.7 Å². The van der Waals surface area contributed by atoms with E-state index in [-0.39, 0.29) is 11.3 Å². The summed E-state index contributed by atoms with van der Waals surface area (Å²) in [5.74, 6) is -0.887. The number of hydrogen-bond acceptors (Lipinski definition) is 4. The predicted octanol–water partition coefficient (Wildman–Crippen LogP) is 3.85. The molecule has 0 saturated heterocycles. The lowest BCUT2D eigenvalue weighted by molar-refractivity contribution is 0.0593. The van der Waals surface area contributed by atoms with Crippen LogP contribution in [-0.2, 0) is 4.74 Å². The molecule has 0 N–H and O–H groups in total. The van der Waals surface area contributed by atoms with Gasteiger partial charge in [0.1, 0.15) is 11.3 Å². The number of fused-ring (bicyclic) bond motifs is 1. The van der Waals surface area contributed by atoms with Gasteiger partial charge in [0.05, 0.1) is 12.7 Å². The molecule has 0 atom stereocenters. The van der Waals surface area contributed by atoms with Gasteiger partial charge < -0.3 is 9.47 Å². The Morgan fingerprint density at radius 3 is 2.04 bits per heavy atom. The Morgan fingerprint density at radius 1 is 0.783 bits per heavy atom. The maximum Gasteiger partial charge on any atom is 0.343 e. The molecular weight excluding hydrogens is 292 g/mol. The van der Waals surface area contributed by atoms with Gasteiger partial charge in [-0.25, -0.2) is 9.59 Å². The Kier molecular flexibility index (Phi) is 4.06. The molecule has 4 heteroatoms. The molecule has 3 aromatic rings. The molecule has 0 saturated carbocycles. The Balaban J connectivity index is 2.04. The van der Waals surface area contributed by atoms with Gasteiger partial charge in [0.2, 0.25) is 0 Å². The van der Waals surface area contributed by atoms with Gasteiger partial charge in [0.15, 0.2) is 0 Å². The van der Waals surface area contributed by atoms with Gasteiger partial charge in [-0.2, -0.15) is 0 Å². The van der Waals surface area contributed by atoms with E-state index in [9.17, 15) is 9.59 Å². The summed E-state index contributed by atoms with van der Waals surface area (Å²) in [7, 11) is 1.29. The highest BCUT2D eigenvalue weighted by molar-refractivity contribution is 6.00. The molecule has 0 heterocycles. The summed E-state index contributed by atoms with van der Waals surface area (Å²) < 4.78 is 10.2. The van der Waals surface area contributed by atoms with Crippen LogP contribution in [0.4, 0.5) is 0 Å². The minimum absolute atomic E-state index is 0.185. The van der Waals surface area contributed by atoms with E-state index in [4.69, 9.17) is 9.47 Å². The van der Waals surface area contributed by atoms with Crippen molar-refractivity contribution in [2.75, 3.05) is 7.11 Å². The predicted molar refractivity (Wildman–Crippen MR) is 86.7 cm³/mol. The van der Waals surface area contributed by atoms with Crippen LogP contribution < -0.4 is 4.74 Å². The molecule has 0 fully saturated rings. The second-order valence-corrected chi connectivity index (χ2v) is 4.94. The number of benzene rings is 3. The fraction of sp³-hybridized carbons (Fsp3) is 0.0526. The van der Waals surface area contributed by atoms with E-state index in [1.165, 1.54) is 7.11 Å². The molecule has 0 aromatic heterocycles. The molecule has 0 unspecified atom stereocenters. The maximum atomic E-state index is 12.2. The zero-order chi connectivity index (χ0) is 16.2. The van der Waals surface area contributed by atoms with Gasteiger partial charge in [-0.1, -0.05) is 42.5 Å². The fourth-order valence-corrected chi connectivity index (χ4v) is 2.31. The molecular formula is C19H14O4. The van der Waals surface area contributed by atoms with E-state index in [1.807, 2.05) is 30.3 Å². The molecule has 0 aliphatic carbocycles. The lowest BCUT2D eigenvalue weighted by Crippen LogP contribution is -2.12. The van der Waals surface area contributed by atoms with Gasteiger partial charge in [-0.3, -0.25) is 0 Å². The van der Waals surface area contributed by atoms with E-state index < -0.39 is 11.9 Å². The van der Waals surface area contributed by atoms with Crippen LogP contribution in [0.25, 0.3) is 10.8 Å². The van der Waals surface area contributed by atoms with Crippen molar-refractivity contribution in [3.05, 3.63) is 77.9 Å². The zero-order valence-corrected chi connectivity index (χ0v) is 12.5. The number of rotatable bonds is 3. The molecule has 0 aliphatic rings. The van der Waals surface area contributed by atoms with Crippen LogP contribution >= 0.6 is 0 Å². The summed E-state index contributed by atoms with van der Waals surface area (Å²) in [6.07, 6.45) is 0. The highest BCUT2D eigenvalue weighted by Crippen LogP contribution is 2.27. The number of ether oxygens (including phenoxy) is 2. The molecule has 3 rings (SSSR count). The van der Waals surface area contributed by atoms with E-state index in [2.05, 4.69) is 0 Å². The van der Waals surface area contributed by atoms with Crippen molar-refractivity contribution in [3.63, 3.8) is 0 Å². The van der Waals surface area contributed by atoms with Crippen LogP contribution in [0, 0.1) is 0 Å². The van der Waals surface area contributed by atoms with Crippen molar-refractivity contribution in [2.45, 2.75) is 0 Å². The van der Waals surface area contributed by atoms with Crippen molar-refractivity contribution in [1.82, 2.24) is 0 Å². The van der Waals surface area contributed by atoms with Crippen LogP contribution in [0.1, 0.15) is 20.7 Å². The summed E-state index contributed by atoms with van der Waals surface area (Å²) >= 11 is 0. The van der Waals surface area contributed by atoms with Crippen LogP contribution in [0.5, 0.6) is 5.75 Å². The summed E-state index contributed by atoms with van der Waals surface area (Å²) in [5, 5.41) is 1.74. The van der Waals surface area contributed by atoms with Gasteiger partial charge >= 0.3 is 11.9 Å². The topological polar surface area (TPSA) is 52.6 Å². The second kappa shape index (κ2) is 6.32. The SMILES string of the molecule is COC(=O)c1cc2ccccc2cc1OC(=O)c1ccccc1. The Morgan fingerprint density at radius 2 is 1.39 bits per heavy atom. The molecule has 3 aromatic carbocycles. The highest BCUT2D eigenvalue weighted by atomic mass is 16.5. The first-order valence-corrected chi connectivity index (χ1v) is 7.07. The van der Waals surface area contributed by atoms with Gasteiger partial charge in [-0.05, 0) is 35.0 Å². The quantitative estimate of drug-likeness (QED) is 0.545. The first kappa shape index (κ1) is 14.8. The van der Waals surface area contributed by atoms with Crippen molar-refractivity contribution in [3.8, 4) is 5.75 Å². The monoisotopic (exact) mass is 306 g/mol. The number of hydrogen-bond donors (Lipinski definition) is 0. The van der Waals surface area contributed by atoms with Crippen molar-refractivity contribution in [1.29, 1.82) is 0 Å². The smallest absolute Gasteiger partial charge is 0.343 e. The minimum atomic E-state index is -0.549. The summed E-state index contributed by atoms with van der Waals surface area (Å²) in [5.41, 5.74) is 0.631. The third-order valence-electron chi connectivity index (χ3n) is 3.47. The summed E-state index contributed by atoms with van der Waals surface area (Å²) in [6.45, 7) is 0. The van der Waals surface area contributed by atoms with Crippen LogP contribution in [-0.4, -0.2) is 19.0 Å². The highest BCUT2D eigenvalue weighted by Gasteiger charge is 2.18. The molecule has 0 aliphatic heterocycles. The summed E-state index contributed by atoms with van der Waals surface area (Å²) in [4.78, 5) is 24.2. The zero-order valence-electron chi connectivity index (χ0n) is 12.5. The molecule has 4 nitrogen and oxygen atoms in total. The molecule has 114 valence electrons. The van der Waals surface area contributed by atoms with E-state index >= 15 is 0 Å². The third kappa shape index (κ3) is 3.06. The van der Waals surface area contributed by atoms with Gasteiger partial charge in [0.25, 0.3) is 0 Å². The van der Waals surface area contributed by atoms with E-state index in [0.717, 1.165) is 10.8 Å². The third-order valence-corrected chi connectivity index (χ3v) is 3.47. The van der Waals surface area contributed by atoms with Crippen LogP contribution in [0.3, 0.4) is 0 Å². The number of carbonyl (C=O) groups is 2. The van der Waals surface area contributed by atoms with Gasteiger partial charge in [0, 0.05) is 0 Å². The molecule has 0 radical (unpaired) electrons. The number of carbonyl (C=O) groups excluding carboxylic acids is 2. The van der Waals surface area contributed by atoms with Gasteiger partial charge in [-0.15, -0.1) is 0 Å². The first-order valence-electron chi connectivity index (χ1n) is 7.07. The van der Waals surface area contributed by atoms with Crippen molar-refractivity contribution in [2.24, 2.45) is 0 Å². The standard InChI is InChI=1S/C19H14O4/c1-22-19(21)16-11-14-9-5-6-10-15(14)12-17(16)23-18(20)13-7-3-2-4-8-13/h2-12H,1H3.